The molecule has 5 heteroatoms. The van der Waals surface area contributed by atoms with E-state index >= 15 is 0 Å². The van der Waals surface area contributed by atoms with Crippen molar-refractivity contribution < 1.29 is 13.6 Å². The smallest absolute Gasteiger partial charge is 0.270 e. The van der Waals surface area contributed by atoms with Crippen LogP contribution in [0.3, 0.4) is 0 Å². The first-order chi connectivity index (χ1) is 5.95. The molecule has 0 aromatic carbocycles. The van der Waals surface area contributed by atoms with Crippen LogP contribution in [0.15, 0.2) is 0 Å². The standard InChI is InChI=1S/C8H14F2N2O/c1-6(13)12(2)7-5-11-4-3-8(7,9)10/h7,11H,3-5H2,1-2H3/t7-/m1/s1. The van der Waals surface area contributed by atoms with Gasteiger partial charge < -0.3 is 10.2 Å². The first kappa shape index (κ1) is 10.4. The van der Waals surface area contributed by atoms with Gasteiger partial charge in [0.05, 0.1) is 0 Å². The van der Waals surface area contributed by atoms with Crippen LogP contribution in [0.25, 0.3) is 0 Å². The Hall–Kier alpha value is -0.710. The molecule has 1 N–H and O–H groups in total. The Kier molecular flexibility index (Phi) is 2.85. The summed E-state index contributed by atoms with van der Waals surface area (Å²) < 4.78 is 26.5. The predicted molar refractivity (Wildman–Crippen MR) is 44.7 cm³/mol. The van der Waals surface area contributed by atoms with Gasteiger partial charge in [-0.05, 0) is 0 Å². The predicted octanol–water partition coefficient (Wildman–Crippen LogP) is 0.462. The molecule has 0 aromatic heterocycles. The number of piperidine rings is 1. The van der Waals surface area contributed by atoms with Crippen LogP contribution in [-0.2, 0) is 4.79 Å². The number of alkyl halides is 2. The molecule has 13 heavy (non-hydrogen) atoms. The third-order valence-corrected chi connectivity index (χ3v) is 2.42. The Balaban J connectivity index is 2.70. The van der Waals surface area contributed by atoms with Gasteiger partial charge in [0.15, 0.2) is 0 Å². The fraction of sp³-hybridized carbons (Fsp3) is 0.875. The van der Waals surface area contributed by atoms with Gasteiger partial charge in [0.1, 0.15) is 6.04 Å². The summed E-state index contributed by atoms with van der Waals surface area (Å²) in [6, 6.07) is -1.00. The maximum absolute atomic E-state index is 13.2. The van der Waals surface area contributed by atoms with Crippen LogP contribution in [0.1, 0.15) is 13.3 Å². The van der Waals surface area contributed by atoms with Crippen molar-refractivity contribution in [3.05, 3.63) is 0 Å². The minimum absolute atomic E-state index is 0.170. The molecule has 1 rings (SSSR count). The monoisotopic (exact) mass is 192 g/mol. The van der Waals surface area contributed by atoms with Gasteiger partial charge in [-0.3, -0.25) is 4.79 Å². The third-order valence-electron chi connectivity index (χ3n) is 2.42. The maximum atomic E-state index is 13.2. The van der Waals surface area contributed by atoms with Crippen LogP contribution in [0.5, 0.6) is 0 Å². The molecule has 0 radical (unpaired) electrons. The average molecular weight is 192 g/mol. The number of amides is 1. The van der Waals surface area contributed by atoms with Gasteiger partial charge in [0.25, 0.3) is 5.92 Å². The molecule has 1 amide bonds. The minimum atomic E-state index is -2.76. The highest BCUT2D eigenvalue weighted by molar-refractivity contribution is 5.73. The molecular formula is C8H14F2N2O. The summed E-state index contributed by atoms with van der Waals surface area (Å²) in [7, 11) is 1.41. The Morgan fingerprint density at radius 1 is 1.62 bits per heavy atom. The van der Waals surface area contributed by atoms with Gasteiger partial charge in [-0.2, -0.15) is 0 Å². The number of likely N-dealkylation sites (N-methyl/N-ethyl adjacent to an activating group) is 1. The highest BCUT2D eigenvalue weighted by atomic mass is 19.3. The van der Waals surface area contributed by atoms with Crippen molar-refractivity contribution in [1.29, 1.82) is 0 Å². The second-order valence-corrected chi connectivity index (χ2v) is 3.36. The van der Waals surface area contributed by atoms with E-state index in [1.807, 2.05) is 0 Å². The maximum Gasteiger partial charge on any atom is 0.270 e. The molecule has 1 saturated heterocycles. The molecule has 3 nitrogen and oxygen atoms in total. The molecule has 76 valence electrons. The topological polar surface area (TPSA) is 32.3 Å². The van der Waals surface area contributed by atoms with E-state index in [1.165, 1.54) is 14.0 Å². The van der Waals surface area contributed by atoms with E-state index in [9.17, 15) is 13.6 Å². The molecule has 0 spiro atoms. The van der Waals surface area contributed by atoms with Crippen molar-refractivity contribution in [3.63, 3.8) is 0 Å². The van der Waals surface area contributed by atoms with Crippen molar-refractivity contribution in [2.75, 3.05) is 20.1 Å². The molecule has 0 saturated carbocycles. The fourth-order valence-electron chi connectivity index (χ4n) is 1.45. The quantitative estimate of drug-likeness (QED) is 0.654. The Morgan fingerprint density at radius 2 is 2.23 bits per heavy atom. The summed E-state index contributed by atoms with van der Waals surface area (Å²) >= 11 is 0. The normalized spacial score (nSPS) is 26.9. The first-order valence-electron chi connectivity index (χ1n) is 4.27. The minimum Gasteiger partial charge on any atom is -0.336 e. The van der Waals surface area contributed by atoms with Gasteiger partial charge in [0, 0.05) is 33.5 Å². The van der Waals surface area contributed by atoms with Crippen LogP contribution in [0.2, 0.25) is 0 Å². The molecule has 1 fully saturated rings. The highest BCUT2D eigenvalue weighted by Crippen LogP contribution is 2.28. The van der Waals surface area contributed by atoms with Crippen LogP contribution < -0.4 is 5.32 Å². The lowest BCUT2D eigenvalue weighted by Gasteiger charge is -2.37. The lowest BCUT2D eigenvalue weighted by atomic mass is 10.0. The van der Waals surface area contributed by atoms with Crippen LogP contribution in [0.4, 0.5) is 8.78 Å². The van der Waals surface area contributed by atoms with E-state index in [4.69, 9.17) is 0 Å². The first-order valence-corrected chi connectivity index (χ1v) is 4.27. The molecule has 1 aliphatic rings. The zero-order valence-electron chi connectivity index (χ0n) is 7.81. The number of carbonyl (C=O) groups is 1. The molecule has 1 heterocycles. The van der Waals surface area contributed by atoms with E-state index in [1.54, 1.807) is 0 Å². The van der Waals surface area contributed by atoms with E-state index in [-0.39, 0.29) is 18.9 Å². The largest absolute Gasteiger partial charge is 0.336 e. The summed E-state index contributed by atoms with van der Waals surface area (Å²) in [5.41, 5.74) is 0. The highest BCUT2D eigenvalue weighted by Gasteiger charge is 2.44. The van der Waals surface area contributed by atoms with Gasteiger partial charge in [-0.1, -0.05) is 0 Å². The van der Waals surface area contributed by atoms with Gasteiger partial charge >= 0.3 is 0 Å². The lowest BCUT2D eigenvalue weighted by molar-refractivity contribution is -0.143. The second kappa shape index (κ2) is 3.57. The zero-order valence-corrected chi connectivity index (χ0v) is 7.81. The van der Waals surface area contributed by atoms with Crippen molar-refractivity contribution in [3.8, 4) is 0 Å². The molecule has 0 aromatic rings. The third kappa shape index (κ3) is 2.15. The van der Waals surface area contributed by atoms with Crippen LogP contribution in [-0.4, -0.2) is 42.9 Å². The SMILES string of the molecule is CC(=O)N(C)[C@@H]1CNCCC1(F)F. The number of nitrogens with one attached hydrogen (secondary N) is 1. The Labute approximate surface area is 76.1 Å². The van der Waals surface area contributed by atoms with Gasteiger partial charge in [-0.25, -0.2) is 8.78 Å². The molecule has 0 bridgehead atoms. The van der Waals surface area contributed by atoms with Crippen molar-refractivity contribution >= 4 is 5.91 Å². The number of carbonyl (C=O) groups excluding carboxylic acids is 1. The summed E-state index contributed by atoms with van der Waals surface area (Å²) in [5, 5.41) is 2.85. The summed E-state index contributed by atoms with van der Waals surface area (Å²) in [6.07, 6.45) is -0.199. The second-order valence-electron chi connectivity index (χ2n) is 3.36. The Bertz CT molecular complexity index is 208. The molecule has 1 aliphatic heterocycles. The fourth-order valence-corrected chi connectivity index (χ4v) is 1.45. The molecular weight excluding hydrogens is 178 g/mol. The summed E-state index contributed by atoms with van der Waals surface area (Å²) in [5.74, 6) is -3.08. The molecule has 1 atom stereocenters. The number of hydrogen-bond acceptors (Lipinski definition) is 2. The van der Waals surface area contributed by atoms with E-state index in [2.05, 4.69) is 5.32 Å². The van der Waals surface area contributed by atoms with Crippen LogP contribution >= 0.6 is 0 Å². The van der Waals surface area contributed by atoms with Crippen molar-refractivity contribution in [2.45, 2.75) is 25.3 Å². The number of halogens is 2. The Morgan fingerprint density at radius 3 is 2.69 bits per heavy atom. The van der Waals surface area contributed by atoms with Gasteiger partial charge in [-0.15, -0.1) is 0 Å². The molecule has 0 aliphatic carbocycles. The number of rotatable bonds is 1. The summed E-state index contributed by atoms with van der Waals surface area (Å²) in [4.78, 5) is 12.0. The molecule has 0 unspecified atom stereocenters. The lowest BCUT2D eigenvalue weighted by Crippen LogP contribution is -2.57. The zero-order chi connectivity index (χ0) is 10.1. The summed E-state index contributed by atoms with van der Waals surface area (Å²) in [6.45, 7) is 1.78. The van der Waals surface area contributed by atoms with E-state index in [0.29, 0.717) is 6.54 Å². The number of hydrogen-bond donors (Lipinski definition) is 1. The van der Waals surface area contributed by atoms with Crippen molar-refractivity contribution in [2.24, 2.45) is 0 Å². The number of nitrogens with zero attached hydrogens (tertiary/aromatic N) is 1. The van der Waals surface area contributed by atoms with E-state index < -0.39 is 12.0 Å². The van der Waals surface area contributed by atoms with E-state index in [0.717, 1.165) is 4.90 Å². The van der Waals surface area contributed by atoms with Gasteiger partial charge in [0.2, 0.25) is 5.91 Å². The van der Waals surface area contributed by atoms with Crippen LogP contribution in [0, 0.1) is 0 Å². The van der Waals surface area contributed by atoms with Crippen molar-refractivity contribution in [1.82, 2.24) is 10.2 Å². The average Bonchev–Trinajstić information content (AvgIpc) is 2.02.